The highest BCUT2D eigenvalue weighted by molar-refractivity contribution is 6.30. The van der Waals surface area contributed by atoms with Gasteiger partial charge in [-0.05, 0) is 37.3 Å². The Morgan fingerprint density at radius 3 is 2.76 bits per heavy atom. The standard InChI is InChI=1S/C25H21ClN6O2/c1-16-22(14-31(2)30-16)24-11-21(20-8-3-4-9-23(20)29-24)25(33)28-18-12-27-32(13-18)15-34-19-7-5-6-17(26)10-19/h3-14H,15H2,1-2H3,(H,28,33). The molecule has 0 unspecified atom stereocenters. The van der Waals surface area contributed by atoms with Crippen LogP contribution in [0.15, 0.2) is 73.2 Å². The number of ether oxygens (including phenoxy) is 1. The molecule has 0 aliphatic carbocycles. The minimum absolute atomic E-state index is 0.179. The molecule has 0 spiro atoms. The van der Waals surface area contributed by atoms with Gasteiger partial charge < -0.3 is 10.1 Å². The van der Waals surface area contributed by atoms with Gasteiger partial charge >= 0.3 is 0 Å². The lowest BCUT2D eigenvalue weighted by molar-refractivity contribution is 0.102. The first-order valence-corrected chi connectivity index (χ1v) is 11.0. The fourth-order valence-corrected chi connectivity index (χ4v) is 3.93. The molecule has 170 valence electrons. The second-order valence-corrected chi connectivity index (χ2v) is 8.26. The third-order valence-corrected chi connectivity index (χ3v) is 5.54. The number of carbonyl (C=O) groups excluding carboxylic acids is 1. The Morgan fingerprint density at radius 1 is 1.12 bits per heavy atom. The number of carbonyl (C=O) groups is 1. The Morgan fingerprint density at radius 2 is 1.97 bits per heavy atom. The Labute approximate surface area is 200 Å². The maximum absolute atomic E-state index is 13.3. The van der Waals surface area contributed by atoms with E-state index in [-0.39, 0.29) is 12.6 Å². The van der Waals surface area contributed by atoms with Crippen LogP contribution in [0.25, 0.3) is 22.2 Å². The van der Waals surface area contributed by atoms with Crippen molar-refractivity contribution in [1.29, 1.82) is 0 Å². The minimum Gasteiger partial charge on any atom is -0.471 e. The third kappa shape index (κ3) is 4.49. The van der Waals surface area contributed by atoms with Gasteiger partial charge in [-0.2, -0.15) is 10.2 Å². The predicted molar refractivity (Wildman–Crippen MR) is 131 cm³/mol. The maximum Gasteiger partial charge on any atom is 0.256 e. The zero-order valence-electron chi connectivity index (χ0n) is 18.6. The molecular weight excluding hydrogens is 452 g/mol. The summed E-state index contributed by atoms with van der Waals surface area (Å²) in [5.74, 6) is 0.381. The van der Waals surface area contributed by atoms with E-state index in [0.29, 0.717) is 27.7 Å². The third-order valence-electron chi connectivity index (χ3n) is 5.30. The molecule has 1 amide bonds. The molecule has 0 bridgehead atoms. The predicted octanol–water partition coefficient (Wildman–Crippen LogP) is 5.08. The molecule has 2 aromatic carbocycles. The van der Waals surface area contributed by atoms with Gasteiger partial charge in [0.25, 0.3) is 5.91 Å². The number of aryl methyl sites for hydroxylation is 2. The lowest BCUT2D eigenvalue weighted by atomic mass is 10.0. The molecule has 0 atom stereocenters. The number of nitrogens with zero attached hydrogens (tertiary/aromatic N) is 5. The SMILES string of the molecule is Cc1nn(C)cc1-c1cc(C(=O)Nc2cnn(COc3cccc(Cl)c3)c2)c2ccccc2n1. The first-order chi connectivity index (χ1) is 16.5. The summed E-state index contributed by atoms with van der Waals surface area (Å²) in [6.45, 7) is 2.10. The van der Waals surface area contributed by atoms with E-state index in [1.54, 1.807) is 40.0 Å². The Hall–Kier alpha value is -4.17. The van der Waals surface area contributed by atoms with Crippen molar-refractivity contribution in [3.05, 3.63) is 89.5 Å². The lowest BCUT2D eigenvalue weighted by Gasteiger charge is -2.09. The molecule has 5 aromatic rings. The second kappa shape index (κ2) is 8.99. The van der Waals surface area contributed by atoms with Crippen LogP contribution in [-0.2, 0) is 13.8 Å². The number of amides is 1. The second-order valence-electron chi connectivity index (χ2n) is 7.83. The number of halogens is 1. The van der Waals surface area contributed by atoms with Gasteiger partial charge in [-0.3, -0.25) is 9.48 Å². The molecule has 8 nitrogen and oxygen atoms in total. The molecule has 0 aliphatic rings. The number of hydrogen-bond acceptors (Lipinski definition) is 5. The van der Waals surface area contributed by atoms with Crippen molar-refractivity contribution in [2.24, 2.45) is 7.05 Å². The van der Waals surface area contributed by atoms with Gasteiger partial charge in [-0.25, -0.2) is 9.67 Å². The Kier molecular flexibility index (Phi) is 5.73. The van der Waals surface area contributed by atoms with Crippen LogP contribution in [0.3, 0.4) is 0 Å². The quantitative estimate of drug-likeness (QED) is 0.372. The summed E-state index contributed by atoms with van der Waals surface area (Å²) in [7, 11) is 1.86. The molecule has 0 saturated heterocycles. The van der Waals surface area contributed by atoms with Crippen molar-refractivity contribution >= 4 is 34.1 Å². The van der Waals surface area contributed by atoms with E-state index >= 15 is 0 Å². The number of benzene rings is 2. The summed E-state index contributed by atoms with van der Waals surface area (Å²) in [5.41, 5.74) is 4.23. The summed E-state index contributed by atoms with van der Waals surface area (Å²) in [6, 6.07) is 16.5. The molecule has 3 aromatic heterocycles. The van der Waals surface area contributed by atoms with Crippen LogP contribution in [0.2, 0.25) is 5.02 Å². The number of hydrogen-bond donors (Lipinski definition) is 1. The Bertz CT molecular complexity index is 1510. The maximum atomic E-state index is 13.3. The number of para-hydroxylation sites is 1. The highest BCUT2D eigenvalue weighted by Gasteiger charge is 2.17. The van der Waals surface area contributed by atoms with Crippen molar-refractivity contribution in [3.63, 3.8) is 0 Å². The summed E-state index contributed by atoms with van der Waals surface area (Å²) >= 11 is 5.99. The van der Waals surface area contributed by atoms with Gasteiger partial charge in [-0.15, -0.1) is 0 Å². The largest absolute Gasteiger partial charge is 0.471 e. The smallest absolute Gasteiger partial charge is 0.256 e. The number of rotatable bonds is 6. The number of fused-ring (bicyclic) bond motifs is 1. The van der Waals surface area contributed by atoms with Gasteiger partial charge in [0.05, 0.1) is 40.5 Å². The minimum atomic E-state index is -0.253. The van der Waals surface area contributed by atoms with E-state index in [2.05, 4.69) is 15.5 Å². The first-order valence-electron chi connectivity index (χ1n) is 10.6. The Balaban J connectivity index is 1.39. The van der Waals surface area contributed by atoms with E-state index in [4.69, 9.17) is 21.3 Å². The lowest BCUT2D eigenvalue weighted by Crippen LogP contribution is -2.13. The normalized spacial score (nSPS) is 11.0. The van der Waals surface area contributed by atoms with Crippen molar-refractivity contribution < 1.29 is 9.53 Å². The zero-order chi connectivity index (χ0) is 23.7. The topological polar surface area (TPSA) is 86.9 Å². The van der Waals surface area contributed by atoms with Gasteiger partial charge in [0.15, 0.2) is 6.73 Å². The first kappa shape index (κ1) is 21.7. The highest BCUT2D eigenvalue weighted by Crippen LogP contribution is 2.27. The number of aromatic nitrogens is 5. The average molecular weight is 473 g/mol. The fourth-order valence-electron chi connectivity index (χ4n) is 3.75. The highest BCUT2D eigenvalue weighted by atomic mass is 35.5. The van der Waals surface area contributed by atoms with E-state index < -0.39 is 0 Å². The van der Waals surface area contributed by atoms with E-state index in [9.17, 15) is 4.79 Å². The van der Waals surface area contributed by atoms with Crippen LogP contribution < -0.4 is 10.1 Å². The van der Waals surface area contributed by atoms with Crippen molar-refractivity contribution in [2.45, 2.75) is 13.7 Å². The van der Waals surface area contributed by atoms with E-state index in [1.807, 2.05) is 56.6 Å². The molecule has 0 aliphatic heterocycles. The molecule has 1 N–H and O–H groups in total. The summed E-state index contributed by atoms with van der Waals surface area (Å²) in [5, 5.41) is 13.0. The van der Waals surface area contributed by atoms with Gasteiger partial charge in [0, 0.05) is 29.2 Å². The molecule has 0 radical (unpaired) electrons. The summed E-state index contributed by atoms with van der Waals surface area (Å²) in [4.78, 5) is 18.0. The fraction of sp³-hybridized carbons (Fsp3) is 0.120. The molecule has 0 fully saturated rings. The van der Waals surface area contributed by atoms with Gasteiger partial charge in [0.2, 0.25) is 0 Å². The monoisotopic (exact) mass is 472 g/mol. The van der Waals surface area contributed by atoms with Gasteiger partial charge in [-0.1, -0.05) is 35.9 Å². The van der Waals surface area contributed by atoms with Crippen LogP contribution in [0, 0.1) is 6.92 Å². The van der Waals surface area contributed by atoms with Crippen LogP contribution >= 0.6 is 11.6 Å². The molecule has 3 heterocycles. The van der Waals surface area contributed by atoms with Crippen molar-refractivity contribution in [3.8, 4) is 17.0 Å². The number of nitrogens with one attached hydrogen (secondary N) is 1. The van der Waals surface area contributed by atoms with Gasteiger partial charge in [0.1, 0.15) is 5.75 Å². The number of pyridine rings is 1. The van der Waals surface area contributed by atoms with Crippen molar-refractivity contribution in [2.75, 3.05) is 5.32 Å². The van der Waals surface area contributed by atoms with E-state index in [0.717, 1.165) is 22.2 Å². The molecule has 9 heteroatoms. The summed E-state index contributed by atoms with van der Waals surface area (Å²) in [6.07, 6.45) is 5.19. The molecule has 34 heavy (non-hydrogen) atoms. The van der Waals surface area contributed by atoms with Crippen LogP contribution in [0.4, 0.5) is 5.69 Å². The van der Waals surface area contributed by atoms with Crippen LogP contribution in [0.5, 0.6) is 5.75 Å². The zero-order valence-corrected chi connectivity index (χ0v) is 19.3. The number of anilines is 1. The van der Waals surface area contributed by atoms with E-state index in [1.165, 1.54) is 0 Å². The van der Waals surface area contributed by atoms with Crippen LogP contribution in [-0.4, -0.2) is 30.5 Å². The molecular formula is C25H21ClN6O2. The average Bonchev–Trinajstić information content (AvgIpc) is 3.42. The molecule has 5 rings (SSSR count). The molecule has 0 saturated carbocycles. The summed E-state index contributed by atoms with van der Waals surface area (Å²) < 4.78 is 9.02. The van der Waals surface area contributed by atoms with Crippen LogP contribution in [0.1, 0.15) is 16.1 Å². The van der Waals surface area contributed by atoms with Crippen molar-refractivity contribution in [1.82, 2.24) is 24.5 Å².